The highest BCUT2D eigenvalue weighted by molar-refractivity contribution is 5.90. The smallest absolute Gasteiger partial charge is 0.414 e. The van der Waals surface area contributed by atoms with Gasteiger partial charge in [0.05, 0.1) is 24.5 Å². The number of likely N-dealkylation sites (N-methyl/N-ethyl adjacent to an activating group) is 1. The van der Waals surface area contributed by atoms with E-state index >= 15 is 4.39 Å². The molecule has 3 aliphatic rings. The Bertz CT molecular complexity index is 803. The Morgan fingerprint density at radius 2 is 2.00 bits per heavy atom. The molecule has 8 nitrogen and oxygen atoms in total. The van der Waals surface area contributed by atoms with Gasteiger partial charge in [-0.05, 0) is 37.0 Å². The van der Waals surface area contributed by atoms with E-state index in [0.717, 1.165) is 38.6 Å². The fourth-order valence-corrected chi connectivity index (χ4v) is 4.01. The summed E-state index contributed by atoms with van der Waals surface area (Å²) in [5.74, 6) is 0.285. The van der Waals surface area contributed by atoms with Crippen molar-refractivity contribution >= 4 is 23.4 Å². The molecule has 2 heterocycles. The molecular formula is C21H30FN5O3. The van der Waals surface area contributed by atoms with E-state index in [4.69, 9.17) is 4.74 Å². The van der Waals surface area contributed by atoms with Gasteiger partial charge in [-0.1, -0.05) is 0 Å². The number of amides is 2. The normalized spacial score (nSPS) is 23.4. The van der Waals surface area contributed by atoms with Gasteiger partial charge in [0.1, 0.15) is 11.9 Å². The van der Waals surface area contributed by atoms with Crippen LogP contribution in [-0.2, 0) is 9.53 Å². The van der Waals surface area contributed by atoms with Crippen molar-refractivity contribution < 1.29 is 18.7 Å². The molecule has 3 fully saturated rings. The number of halogens is 1. The van der Waals surface area contributed by atoms with Crippen molar-refractivity contribution in [2.75, 3.05) is 62.7 Å². The zero-order chi connectivity index (χ0) is 21.3. The molecule has 0 radical (unpaired) electrons. The molecule has 2 saturated heterocycles. The number of ether oxygens (including phenoxy) is 1. The van der Waals surface area contributed by atoms with Crippen molar-refractivity contribution in [3.63, 3.8) is 0 Å². The number of hydrogen-bond acceptors (Lipinski definition) is 6. The number of cyclic esters (lactones) is 1. The van der Waals surface area contributed by atoms with Crippen LogP contribution in [0.4, 0.5) is 20.6 Å². The third-order valence-corrected chi connectivity index (χ3v) is 6.01. The van der Waals surface area contributed by atoms with Gasteiger partial charge in [-0.25, -0.2) is 19.2 Å². The van der Waals surface area contributed by atoms with E-state index < -0.39 is 12.2 Å². The number of hydrogen-bond donors (Lipinski definition) is 1. The highest BCUT2D eigenvalue weighted by Crippen LogP contribution is 2.31. The van der Waals surface area contributed by atoms with Crippen LogP contribution in [0.1, 0.15) is 19.8 Å². The Morgan fingerprint density at radius 1 is 1.23 bits per heavy atom. The monoisotopic (exact) mass is 419 g/mol. The minimum absolute atomic E-state index is 0.182. The summed E-state index contributed by atoms with van der Waals surface area (Å²) in [7, 11) is 2.10. The summed E-state index contributed by atoms with van der Waals surface area (Å²) in [4.78, 5) is 26.7. The summed E-state index contributed by atoms with van der Waals surface area (Å²) in [6, 6.07) is 4.90. The second kappa shape index (κ2) is 8.77. The summed E-state index contributed by atoms with van der Waals surface area (Å²) in [5, 5.41) is 7.27. The molecule has 1 N–H and O–H groups in total. The molecule has 2 aliphatic heterocycles. The van der Waals surface area contributed by atoms with E-state index in [2.05, 4.69) is 27.3 Å². The number of benzene rings is 1. The maximum atomic E-state index is 15.0. The summed E-state index contributed by atoms with van der Waals surface area (Å²) in [6.07, 6.45) is 1.66. The van der Waals surface area contributed by atoms with E-state index in [9.17, 15) is 9.59 Å². The van der Waals surface area contributed by atoms with Gasteiger partial charge in [-0.3, -0.25) is 9.69 Å². The second-order valence-corrected chi connectivity index (χ2v) is 8.41. The molecule has 0 unspecified atom stereocenters. The fourth-order valence-electron chi connectivity index (χ4n) is 4.01. The van der Waals surface area contributed by atoms with Crippen molar-refractivity contribution in [2.24, 2.45) is 5.92 Å². The first-order chi connectivity index (χ1) is 14.4. The third-order valence-electron chi connectivity index (χ3n) is 6.01. The number of nitrogens with one attached hydrogen (secondary N) is 1. The van der Waals surface area contributed by atoms with Gasteiger partial charge in [0.25, 0.3) is 0 Å². The van der Waals surface area contributed by atoms with Gasteiger partial charge < -0.3 is 15.0 Å². The first kappa shape index (κ1) is 20.9. The molecule has 4 rings (SSSR count). The number of anilines is 2. The average Bonchev–Trinajstić information content (AvgIpc) is 3.47. The average molecular weight is 420 g/mol. The van der Waals surface area contributed by atoms with Gasteiger partial charge in [0, 0.05) is 46.7 Å². The van der Waals surface area contributed by atoms with Crippen LogP contribution in [0, 0.1) is 11.7 Å². The molecular weight excluding hydrogens is 389 g/mol. The largest absolute Gasteiger partial charge is 0.442 e. The lowest BCUT2D eigenvalue weighted by Crippen LogP contribution is -2.41. The van der Waals surface area contributed by atoms with Crippen LogP contribution < -0.4 is 15.1 Å². The quantitative estimate of drug-likeness (QED) is 0.757. The van der Waals surface area contributed by atoms with Crippen LogP contribution in [0.3, 0.4) is 0 Å². The van der Waals surface area contributed by atoms with Crippen LogP contribution in [0.15, 0.2) is 18.2 Å². The Labute approximate surface area is 176 Å². The minimum atomic E-state index is -0.524. The minimum Gasteiger partial charge on any atom is -0.442 e. The van der Waals surface area contributed by atoms with E-state index in [-0.39, 0.29) is 24.8 Å². The number of carbonyl (C=O) groups is 2. The first-order valence-corrected chi connectivity index (χ1v) is 10.6. The van der Waals surface area contributed by atoms with Gasteiger partial charge >= 0.3 is 6.09 Å². The maximum absolute atomic E-state index is 15.0. The topological polar surface area (TPSA) is 68.4 Å². The molecule has 1 aromatic rings. The summed E-state index contributed by atoms with van der Waals surface area (Å²) < 4.78 is 20.3. The predicted molar refractivity (Wildman–Crippen MR) is 112 cm³/mol. The molecule has 1 aromatic carbocycles. The lowest BCUT2D eigenvalue weighted by molar-refractivity contribution is -0.119. The van der Waals surface area contributed by atoms with Crippen LogP contribution in [-0.4, -0.2) is 81.0 Å². The van der Waals surface area contributed by atoms with Gasteiger partial charge in [0.15, 0.2) is 0 Å². The zero-order valence-corrected chi connectivity index (χ0v) is 17.6. The van der Waals surface area contributed by atoms with Crippen LogP contribution in [0.2, 0.25) is 0 Å². The van der Waals surface area contributed by atoms with Crippen LogP contribution in [0.25, 0.3) is 0 Å². The highest BCUT2D eigenvalue weighted by Gasteiger charge is 2.33. The fraction of sp³-hybridized carbons (Fsp3) is 0.619. The van der Waals surface area contributed by atoms with Crippen molar-refractivity contribution in [3.05, 3.63) is 24.0 Å². The molecule has 0 aromatic heterocycles. The van der Waals surface area contributed by atoms with Crippen LogP contribution >= 0.6 is 0 Å². The SMILES string of the molecule is CC(=O)NC[C@H]1CN(c2ccc(N3CCN(C)N(CC4CC4)CC3)c(F)c2)C(=O)O1. The van der Waals surface area contributed by atoms with Crippen molar-refractivity contribution in [3.8, 4) is 0 Å². The van der Waals surface area contributed by atoms with Crippen LogP contribution in [0.5, 0.6) is 0 Å². The molecule has 2 amide bonds. The Hall–Kier alpha value is -2.39. The third kappa shape index (κ3) is 4.84. The lowest BCUT2D eigenvalue weighted by atomic mass is 10.2. The molecule has 1 aliphatic carbocycles. The van der Waals surface area contributed by atoms with E-state index in [1.165, 1.54) is 30.7 Å². The Balaban J connectivity index is 1.40. The van der Waals surface area contributed by atoms with Crippen molar-refractivity contribution in [1.82, 2.24) is 15.3 Å². The molecule has 30 heavy (non-hydrogen) atoms. The van der Waals surface area contributed by atoms with E-state index in [1.807, 2.05) is 0 Å². The maximum Gasteiger partial charge on any atom is 0.414 e. The molecule has 0 spiro atoms. The number of nitrogens with zero attached hydrogens (tertiary/aromatic N) is 4. The number of rotatable bonds is 6. The highest BCUT2D eigenvalue weighted by atomic mass is 19.1. The molecule has 164 valence electrons. The van der Waals surface area contributed by atoms with Gasteiger partial charge in [-0.2, -0.15) is 0 Å². The molecule has 1 saturated carbocycles. The lowest BCUT2D eigenvalue weighted by Gasteiger charge is -2.29. The summed E-state index contributed by atoms with van der Waals surface area (Å²) >= 11 is 0. The Morgan fingerprint density at radius 3 is 2.70 bits per heavy atom. The number of hydrazine groups is 1. The molecule has 0 bridgehead atoms. The van der Waals surface area contributed by atoms with E-state index in [1.54, 1.807) is 12.1 Å². The van der Waals surface area contributed by atoms with Gasteiger partial charge in [0.2, 0.25) is 5.91 Å². The summed E-state index contributed by atoms with van der Waals surface area (Å²) in [5.41, 5.74) is 1.02. The second-order valence-electron chi connectivity index (χ2n) is 8.41. The summed E-state index contributed by atoms with van der Waals surface area (Å²) in [6.45, 7) is 6.25. The van der Waals surface area contributed by atoms with Gasteiger partial charge in [-0.15, -0.1) is 0 Å². The van der Waals surface area contributed by atoms with Crippen molar-refractivity contribution in [1.29, 1.82) is 0 Å². The molecule has 9 heteroatoms. The predicted octanol–water partition coefficient (Wildman–Crippen LogP) is 1.67. The standard InChI is InChI=1S/C21H30FN5O3/c1-15(28)23-12-18-14-27(21(29)30-18)17-5-6-20(19(22)11-17)25-8-7-24(2)26(10-9-25)13-16-3-4-16/h5-6,11,16,18H,3-4,7-10,12-14H2,1-2H3,(H,23,28)/t18-/m0/s1. The van der Waals surface area contributed by atoms with E-state index in [0.29, 0.717) is 11.4 Å². The first-order valence-electron chi connectivity index (χ1n) is 10.6. The number of carbonyl (C=O) groups excluding carboxylic acids is 2. The Kier molecular flexibility index (Phi) is 6.10. The zero-order valence-electron chi connectivity index (χ0n) is 17.6. The van der Waals surface area contributed by atoms with Crippen molar-refractivity contribution in [2.45, 2.75) is 25.9 Å². The molecule has 1 atom stereocenters.